The van der Waals surface area contributed by atoms with E-state index in [1.54, 1.807) is 28.2 Å². The molecule has 1 unspecified atom stereocenters. The summed E-state index contributed by atoms with van der Waals surface area (Å²) in [6.07, 6.45) is 0.696. The number of β-amino-alcohol motifs (C(OH)–C–C–N with tert-alkyl or cyclic N) is 1. The fourth-order valence-corrected chi connectivity index (χ4v) is 11.2. The van der Waals surface area contributed by atoms with Gasteiger partial charge in [0.25, 0.3) is 0 Å². The molecule has 0 spiro atoms. The van der Waals surface area contributed by atoms with E-state index in [0.717, 1.165) is 21.7 Å². The van der Waals surface area contributed by atoms with Gasteiger partial charge in [0.05, 0.1) is 16.1 Å². The number of aliphatic hydroxyl groups is 1. The zero-order valence-electron chi connectivity index (χ0n) is 32.5. The number of rotatable bonds is 11. The second kappa shape index (κ2) is 16.5. The third-order valence-corrected chi connectivity index (χ3v) is 13.8. The number of carbonyl (C=O) groups is 2. The Morgan fingerprint density at radius 2 is 1.83 bits per heavy atom. The average molecular weight is 936 g/mol. The number of aromatic nitrogens is 6. The topological polar surface area (TPSA) is 183 Å². The SMILES string of the molecule is Cc1ncsc1-c1ccc(CNC(=O)[C@@H]2C[C@@H](O)CN2C(=O)[C@@H](N[I-]Cn2ncnc2[C@H]2c3n[nH]c(=O)c4cc(F)cc(c34)NC2c2ccc(F)cc2)C(C)(C)C)cc1. The number of H-pyrrole nitrogens is 1. The first kappa shape index (κ1) is 40.6. The van der Waals surface area contributed by atoms with Gasteiger partial charge in [-0.3, -0.25) is 0 Å². The molecule has 3 aromatic carbocycles. The molecule has 2 amide bonds. The molecule has 0 aliphatic carbocycles. The van der Waals surface area contributed by atoms with Gasteiger partial charge in [-0.25, -0.2) is 4.98 Å². The van der Waals surface area contributed by atoms with E-state index >= 15 is 0 Å². The van der Waals surface area contributed by atoms with Crippen molar-refractivity contribution in [3.63, 3.8) is 0 Å². The first-order valence-corrected chi connectivity index (χ1v) is 22.5. The maximum atomic E-state index is 14.8. The van der Waals surface area contributed by atoms with Crippen LogP contribution in [0.3, 0.4) is 0 Å². The van der Waals surface area contributed by atoms with Crippen molar-refractivity contribution in [2.45, 2.75) is 75.4 Å². The van der Waals surface area contributed by atoms with Crippen molar-refractivity contribution < 1.29 is 45.0 Å². The number of alkyl halides is 1. The number of hydrogen-bond donors (Lipinski definition) is 5. The van der Waals surface area contributed by atoms with Crippen LogP contribution in [0.25, 0.3) is 21.2 Å². The molecule has 14 nitrogen and oxygen atoms in total. The summed E-state index contributed by atoms with van der Waals surface area (Å²) in [7, 11) is 0. The van der Waals surface area contributed by atoms with Crippen LogP contribution in [0.1, 0.15) is 67.5 Å². The third kappa shape index (κ3) is 8.22. The van der Waals surface area contributed by atoms with Gasteiger partial charge in [0.15, 0.2) is 0 Å². The monoisotopic (exact) mass is 935 g/mol. The van der Waals surface area contributed by atoms with Gasteiger partial charge >= 0.3 is 315 Å². The molecule has 2 aliphatic rings. The Hall–Kier alpha value is -5.18. The van der Waals surface area contributed by atoms with Crippen molar-refractivity contribution in [1.82, 2.24) is 43.7 Å². The number of anilines is 1. The fourth-order valence-electron chi connectivity index (χ4n) is 7.74. The van der Waals surface area contributed by atoms with Crippen molar-refractivity contribution in [2.24, 2.45) is 5.41 Å². The number of amides is 2. The summed E-state index contributed by atoms with van der Waals surface area (Å²) in [6, 6.07) is 14.2. The molecule has 3 aromatic heterocycles. The van der Waals surface area contributed by atoms with Gasteiger partial charge in [0.1, 0.15) is 0 Å². The van der Waals surface area contributed by atoms with Crippen LogP contribution in [0.2, 0.25) is 0 Å². The molecule has 308 valence electrons. The van der Waals surface area contributed by atoms with Crippen LogP contribution < -0.4 is 41.2 Å². The zero-order chi connectivity index (χ0) is 41.6. The van der Waals surface area contributed by atoms with Crippen LogP contribution in [0.15, 0.2) is 77.3 Å². The van der Waals surface area contributed by atoms with Crippen molar-refractivity contribution in [3.05, 3.63) is 123 Å². The summed E-state index contributed by atoms with van der Waals surface area (Å²) in [5, 5.41) is 29.1. The van der Waals surface area contributed by atoms with E-state index in [9.17, 15) is 28.3 Å². The summed E-state index contributed by atoms with van der Waals surface area (Å²) < 4.78 is 34.4. The van der Waals surface area contributed by atoms with Gasteiger partial charge in [-0.2, -0.15) is 0 Å². The van der Waals surface area contributed by atoms with Crippen LogP contribution in [-0.2, 0) is 20.7 Å². The Labute approximate surface area is 352 Å². The van der Waals surface area contributed by atoms with E-state index in [1.165, 1.54) is 35.5 Å². The predicted molar refractivity (Wildman–Crippen MR) is 214 cm³/mol. The molecule has 1 saturated heterocycles. The Morgan fingerprint density at radius 1 is 1.07 bits per heavy atom. The molecular weight excluding hydrogens is 893 g/mol. The van der Waals surface area contributed by atoms with Gasteiger partial charge in [-0.05, 0) is 6.92 Å². The van der Waals surface area contributed by atoms with Crippen LogP contribution in [-0.4, -0.2) is 76.5 Å². The number of benzene rings is 3. The minimum absolute atomic E-state index is 0.0328. The van der Waals surface area contributed by atoms with E-state index in [4.69, 9.17) is 0 Å². The number of carbonyl (C=O) groups excluding carboxylic acids is 2. The number of likely N-dealkylation sites (tertiary alicyclic amines) is 1. The zero-order valence-corrected chi connectivity index (χ0v) is 35.5. The van der Waals surface area contributed by atoms with Crippen LogP contribution in [0.5, 0.6) is 0 Å². The Balaban J connectivity index is 0.991. The molecular formula is C41H42F2IN10O4S-. The van der Waals surface area contributed by atoms with E-state index in [-0.39, 0.29) is 36.7 Å². The maximum absolute atomic E-state index is 14.8. The molecule has 5 atom stereocenters. The Bertz CT molecular complexity index is 2580. The molecule has 0 saturated carbocycles. The van der Waals surface area contributed by atoms with Crippen molar-refractivity contribution in [3.8, 4) is 10.4 Å². The van der Waals surface area contributed by atoms with Crippen LogP contribution in [0.4, 0.5) is 14.5 Å². The molecule has 0 radical (unpaired) electrons. The number of nitrogens with zero attached hydrogens (tertiary/aromatic N) is 6. The molecule has 5 heterocycles. The van der Waals surface area contributed by atoms with Crippen molar-refractivity contribution in [2.75, 3.05) is 11.9 Å². The third-order valence-electron chi connectivity index (χ3n) is 10.7. The van der Waals surface area contributed by atoms with Gasteiger partial charge in [-0.1, -0.05) is 0 Å². The number of nitrogens with one attached hydrogen (secondary N) is 4. The molecule has 2 aliphatic heterocycles. The Kier molecular flexibility index (Phi) is 11.3. The molecule has 18 heteroatoms. The second-order valence-corrected chi connectivity index (χ2v) is 18.7. The van der Waals surface area contributed by atoms with E-state index < -0.39 is 74.2 Å². The normalized spacial score (nSPS) is 19.5. The number of halogens is 3. The first-order chi connectivity index (χ1) is 28.3. The predicted octanol–water partition coefficient (Wildman–Crippen LogP) is 1.77. The summed E-state index contributed by atoms with van der Waals surface area (Å²) >= 11 is 0.568. The molecule has 5 N–H and O–H groups in total. The number of aromatic amines is 1. The molecule has 1 fully saturated rings. The van der Waals surface area contributed by atoms with Crippen LogP contribution >= 0.6 is 11.3 Å². The first-order valence-electron chi connectivity index (χ1n) is 19.0. The van der Waals surface area contributed by atoms with E-state index in [1.807, 2.05) is 57.5 Å². The summed E-state index contributed by atoms with van der Waals surface area (Å²) in [5.41, 5.74) is 5.12. The van der Waals surface area contributed by atoms with Crippen molar-refractivity contribution in [1.29, 1.82) is 0 Å². The molecule has 0 bridgehead atoms. The van der Waals surface area contributed by atoms with Gasteiger partial charge in [0, 0.05) is 0 Å². The van der Waals surface area contributed by atoms with E-state index in [0.29, 0.717) is 32.7 Å². The van der Waals surface area contributed by atoms with Gasteiger partial charge < -0.3 is 0 Å². The molecule has 8 rings (SSSR count). The number of aliphatic hydroxyl groups excluding tert-OH is 1. The van der Waals surface area contributed by atoms with E-state index in [2.05, 4.69) is 39.4 Å². The number of thiazole rings is 1. The van der Waals surface area contributed by atoms with Gasteiger partial charge in [0.2, 0.25) is 0 Å². The molecule has 59 heavy (non-hydrogen) atoms. The minimum atomic E-state index is -1.00. The quantitative estimate of drug-likeness (QED) is 0.0730. The van der Waals surface area contributed by atoms with Gasteiger partial charge in [-0.15, -0.1) is 11.3 Å². The summed E-state index contributed by atoms with van der Waals surface area (Å²) in [4.78, 5) is 52.3. The average Bonchev–Trinajstić information content (AvgIpc) is 3.96. The number of hydrogen-bond acceptors (Lipinski definition) is 11. The van der Waals surface area contributed by atoms with Crippen LogP contribution in [0, 0.1) is 24.0 Å². The Morgan fingerprint density at radius 3 is 2.54 bits per heavy atom. The van der Waals surface area contributed by atoms with Crippen molar-refractivity contribution >= 4 is 39.6 Å². The number of aryl methyl sites for hydroxylation is 1. The standard InChI is InChI=1S/C41H42F2IN10O4S/c1-21-35(59-20-47-21)24-7-5-22(6-8-24)16-45-39(57)30-15-27(55)17-53(30)40(58)36(41(2,3)4)50-44-18-54-37(46-19-48-54)32-33(23-9-11-25(42)12-10-23)49-29-14-26(43)13-28-31(29)34(32)51-52-38(28)56/h5-14,19-20,27,30,32-33,36,49-50,55H,15-18H2,1-4H3,(H,45,57)(H,52,56)/q-1/t27-,30+,32-,33?,36-/m1/s1. The summed E-state index contributed by atoms with van der Waals surface area (Å²) in [5.74, 6) is -1.78. The summed E-state index contributed by atoms with van der Waals surface area (Å²) in [6.45, 7) is 8.10. The molecule has 6 aromatic rings. The second-order valence-electron chi connectivity index (χ2n) is 15.8. The fraction of sp³-hybridized carbons (Fsp3) is 0.341.